The number of aliphatic hydroxyl groups is 2. The Bertz CT molecular complexity index is 1010. The Hall–Kier alpha value is -2.76. The number of benzene rings is 2. The molecule has 0 radical (unpaired) electrons. The number of hydrogen-bond acceptors (Lipinski definition) is 3. The third kappa shape index (κ3) is 4.48. The normalized spacial score (nSPS) is 24.4. The number of halogens is 1. The third-order valence-corrected chi connectivity index (χ3v) is 6.62. The van der Waals surface area contributed by atoms with Crippen LogP contribution in [0.2, 0.25) is 0 Å². The SMILES string of the molecule is O=C(O)CC(O)CC(O)/C=C/C1=Cc2ccccc2C12CCC(c1ccc(F)cc1)C2. The van der Waals surface area contributed by atoms with Crippen molar-refractivity contribution in [3.05, 3.63) is 88.8 Å². The molecule has 2 aliphatic rings. The van der Waals surface area contributed by atoms with Crippen LogP contribution in [0.25, 0.3) is 6.08 Å². The minimum Gasteiger partial charge on any atom is -0.481 e. The molecule has 1 spiro atoms. The predicted octanol–water partition coefficient (Wildman–Crippen LogP) is 4.57. The van der Waals surface area contributed by atoms with Gasteiger partial charge in [0.2, 0.25) is 0 Å². The summed E-state index contributed by atoms with van der Waals surface area (Å²) in [6, 6.07) is 15.1. The van der Waals surface area contributed by atoms with Gasteiger partial charge in [-0.05, 0) is 59.6 Å². The molecule has 4 unspecified atom stereocenters. The minimum absolute atomic E-state index is 0.0196. The lowest BCUT2D eigenvalue weighted by Crippen LogP contribution is -2.23. The molecule has 0 aromatic heterocycles. The summed E-state index contributed by atoms with van der Waals surface area (Å²) < 4.78 is 13.4. The van der Waals surface area contributed by atoms with Crippen molar-refractivity contribution in [1.29, 1.82) is 0 Å². The van der Waals surface area contributed by atoms with E-state index in [-0.39, 0.29) is 24.1 Å². The molecule has 162 valence electrons. The second-order valence-electron chi connectivity index (χ2n) is 8.67. The van der Waals surface area contributed by atoms with Crippen LogP contribution in [0.4, 0.5) is 4.39 Å². The molecular weight excluding hydrogens is 395 g/mol. The molecule has 0 amide bonds. The molecule has 5 heteroatoms. The molecule has 2 aromatic rings. The zero-order valence-electron chi connectivity index (χ0n) is 17.2. The molecular formula is C26H27FO4. The quantitative estimate of drug-likeness (QED) is 0.611. The molecule has 31 heavy (non-hydrogen) atoms. The molecule has 1 fully saturated rings. The van der Waals surface area contributed by atoms with Crippen molar-refractivity contribution in [1.82, 2.24) is 0 Å². The van der Waals surface area contributed by atoms with Crippen LogP contribution in [0.15, 0.2) is 66.3 Å². The van der Waals surface area contributed by atoms with Gasteiger partial charge in [0.25, 0.3) is 0 Å². The molecule has 2 aliphatic carbocycles. The van der Waals surface area contributed by atoms with Crippen molar-refractivity contribution in [2.75, 3.05) is 0 Å². The Kier molecular flexibility index (Phi) is 6.08. The molecule has 4 nitrogen and oxygen atoms in total. The maximum absolute atomic E-state index is 13.4. The van der Waals surface area contributed by atoms with Crippen LogP contribution in [0.1, 0.15) is 54.7 Å². The van der Waals surface area contributed by atoms with Gasteiger partial charge in [0.15, 0.2) is 0 Å². The first kappa shape index (κ1) is 21.5. The highest BCUT2D eigenvalue weighted by atomic mass is 19.1. The van der Waals surface area contributed by atoms with Gasteiger partial charge in [0, 0.05) is 11.8 Å². The zero-order chi connectivity index (χ0) is 22.0. The Morgan fingerprint density at radius 1 is 1.16 bits per heavy atom. The maximum Gasteiger partial charge on any atom is 0.305 e. The van der Waals surface area contributed by atoms with E-state index in [1.54, 1.807) is 6.08 Å². The highest BCUT2D eigenvalue weighted by molar-refractivity contribution is 5.72. The summed E-state index contributed by atoms with van der Waals surface area (Å²) >= 11 is 0. The van der Waals surface area contributed by atoms with Crippen LogP contribution in [0, 0.1) is 5.82 Å². The Morgan fingerprint density at radius 3 is 2.65 bits per heavy atom. The highest BCUT2D eigenvalue weighted by Gasteiger charge is 2.46. The van der Waals surface area contributed by atoms with Gasteiger partial charge < -0.3 is 15.3 Å². The monoisotopic (exact) mass is 422 g/mol. The van der Waals surface area contributed by atoms with E-state index >= 15 is 0 Å². The van der Waals surface area contributed by atoms with Crippen molar-refractivity contribution < 1.29 is 24.5 Å². The number of rotatable bonds is 7. The molecule has 0 saturated heterocycles. The standard InChI is InChI=1S/C26H27FO4/c27-21-8-5-17(6-9-21)19-11-12-26(16-19)20(13-18-3-1-2-4-24(18)26)7-10-22(28)14-23(29)15-25(30)31/h1-10,13,19,22-23,28-29H,11-12,14-16H2,(H,30,31)/b10-7+. The van der Waals surface area contributed by atoms with Gasteiger partial charge >= 0.3 is 5.97 Å². The van der Waals surface area contributed by atoms with E-state index in [2.05, 4.69) is 18.2 Å². The number of allylic oxidation sites excluding steroid dienone is 2. The number of hydrogen-bond donors (Lipinski definition) is 3. The lowest BCUT2D eigenvalue weighted by atomic mass is 9.74. The number of carboxylic acid groups (broad SMARTS) is 1. The van der Waals surface area contributed by atoms with E-state index in [1.165, 1.54) is 23.3 Å². The van der Waals surface area contributed by atoms with Crippen LogP contribution in [0.5, 0.6) is 0 Å². The Labute approximate surface area is 181 Å². The first-order valence-electron chi connectivity index (χ1n) is 10.7. The Balaban J connectivity index is 1.56. The van der Waals surface area contributed by atoms with Crippen LogP contribution < -0.4 is 0 Å². The van der Waals surface area contributed by atoms with E-state index in [0.29, 0.717) is 5.92 Å². The molecule has 1 saturated carbocycles. The van der Waals surface area contributed by atoms with E-state index in [9.17, 15) is 19.4 Å². The number of aliphatic carboxylic acids is 1. The van der Waals surface area contributed by atoms with Crippen LogP contribution in [-0.2, 0) is 10.2 Å². The minimum atomic E-state index is -1.09. The predicted molar refractivity (Wildman–Crippen MR) is 117 cm³/mol. The summed E-state index contributed by atoms with van der Waals surface area (Å²) in [5, 5.41) is 28.9. The smallest absolute Gasteiger partial charge is 0.305 e. The van der Waals surface area contributed by atoms with Gasteiger partial charge in [-0.2, -0.15) is 0 Å². The first-order chi connectivity index (χ1) is 14.9. The fourth-order valence-electron chi connectivity index (χ4n) is 5.16. The summed E-state index contributed by atoms with van der Waals surface area (Å²) in [4.78, 5) is 10.7. The van der Waals surface area contributed by atoms with Crippen LogP contribution >= 0.6 is 0 Å². The summed E-state index contributed by atoms with van der Waals surface area (Å²) in [6.45, 7) is 0. The largest absolute Gasteiger partial charge is 0.481 e. The third-order valence-electron chi connectivity index (χ3n) is 6.62. The van der Waals surface area contributed by atoms with Gasteiger partial charge in [0.1, 0.15) is 5.82 Å². The number of carboxylic acids is 1. The lowest BCUT2D eigenvalue weighted by molar-refractivity contribution is -0.139. The van der Waals surface area contributed by atoms with Crippen LogP contribution in [0.3, 0.4) is 0 Å². The van der Waals surface area contributed by atoms with Crippen molar-refractivity contribution in [2.45, 2.75) is 55.6 Å². The molecule has 0 bridgehead atoms. The van der Waals surface area contributed by atoms with Gasteiger partial charge in [-0.1, -0.05) is 54.6 Å². The summed E-state index contributed by atoms with van der Waals surface area (Å²) in [5.74, 6) is -0.995. The summed E-state index contributed by atoms with van der Waals surface area (Å²) in [5.41, 5.74) is 4.54. The molecule has 0 aliphatic heterocycles. The summed E-state index contributed by atoms with van der Waals surface area (Å²) in [7, 11) is 0. The first-order valence-corrected chi connectivity index (χ1v) is 10.7. The average molecular weight is 422 g/mol. The van der Waals surface area contributed by atoms with Gasteiger partial charge in [-0.3, -0.25) is 4.79 Å². The number of carbonyl (C=O) groups is 1. The van der Waals surface area contributed by atoms with Crippen molar-refractivity contribution in [3.63, 3.8) is 0 Å². The van der Waals surface area contributed by atoms with E-state index in [1.807, 2.05) is 30.3 Å². The Morgan fingerprint density at radius 2 is 1.90 bits per heavy atom. The van der Waals surface area contributed by atoms with Crippen molar-refractivity contribution in [2.24, 2.45) is 0 Å². The second-order valence-corrected chi connectivity index (χ2v) is 8.67. The van der Waals surface area contributed by atoms with Crippen LogP contribution in [-0.4, -0.2) is 33.5 Å². The molecule has 0 heterocycles. The fraction of sp³-hybridized carbons (Fsp3) is 0.346. The summed E-state index contributed by atoms with van der Waals surface area (Å²) in [6.07, 6.45) is 6.16. The van der Waals surface area contributed by atoms with E-state index in [0.717, 1.165) is 30.4 Å². The second kappa shape index (κ2) is 8.77. The van der Waals surface area contributed by atoms with E-state index in [4.69, 9.17) is 5.11 Å². The van der Waals surface area contributed by atoms with Gasteiger partial charge in [-0.25, -0.2) is 4.39 Å². The topological polar surface area (TPSA) is 77.8 Å². The number of fused-ring (bicyclic) bond motifs is 2. The highest BCUT2D eigenvalue weighted by Crippen LogP contribution is 2.56. The maximum atomic E-state index is 13.4. The van der Waals surface area contributed by atoms with Crippen molar-refractivity contribution in [3.8, 4) is 0 Å². The lowest BCUT2D eigenvalue weighted by Gasteiger charge is -2.29. The van der Waals surface area contributed by atoms with Gasteiger partial charge in [-0.15, -0.1) is 0 Å². The molecule has 4 atom stereocenters. The zero-order valence-corrected chi connectivity index (χ0v) is 17.2. The van der Waals surface area contributed by atoms with Gasteiger partial charge in [0.05, 0.1) is 18.6 Å². The average Bonchev–Trinajstić information content (AvgIpc) is 3.30. The van der Waals surface area contributed by atoms with E-state index < -0.39 is 18.2 Å². The molecule has 2 aromatic carbocycles. The fourth-order valence-corrected chi connectivity index (χ4v) is 5.16. The molecule has 3 N–H and O–H groups in total. The molecule has 4 rings (SSSR count). The number of aliphatic hydroxyl groups excluding tert-OH is 2. The van der Waals surface area contributed by atoms with Crippen molar-refractivity contribution >= 4 is 12.0 Å².